The molecule has 3 rings (SSSR count). The Morgan fingerprint density at radius 2 is 1.92 bits per heavy atom. The van der Waals surface area contributed by atoms with Crippen LogP contribution in [-0.4, -0.2) is 52.3 Å². The van der Waals surface area contributed by atoms with E-state index >= 15 is 0 Å². The maximum absolute atomic E-state index is 12.2. The lowest BCUT2D eigenvalue weighted by Gasteiger charge is -2.37. The van der Waals surface area contributed by atoms with Crippen LogP contribution in [0.5, 0.6) is 0 Å². The number of hydrogen-bond acceptors (Lipinski definition) is 4. The molecule has 1 aliphatic heterocycles. The molecule has 0 bridgehead atoms. The quantitative estimate of drug-likeness (QED) is 0.849. The minimum atomic E-state index is -0.450. The van der Waals surface area contributed by atoms with Gasteiger partial charge in [-0.1, -0.05) is 0 Å². The number of anilines is 1. The molecular weight excluding hydrogens is 304 g/mol. The zero-order valence-corrected chi connectivity index (χ0v) is 15.0. The van der Waals surface area contributed by atoms with Gasteiger partial charge < -0.3 is 19.1 Å². The van der Waals surface area contributed by atoms with Crippen molar-refractivity contribution in [1.82, 2.24) is 14.5 Å². The zero-order valence-electron chi connectivity index (χ0n) is 15.0. The van der Waals surface area contributed by atoms with Gasteiger partial charge in [0, 0.05) is 56.2 Å². The molecule has 0 unspecified atom stereocenters. The largest absolute Gasteiger partial charge is 0.444 e. The Labute approximate surface area is 143 Å². The van der Waals surface area contributed by atoms with Crippen molar-refractivity contribution >= 4 is 22.8 Å². The molecule has 2 aromatic rings. The SMILES string of the molecule is CCn1ccc2c(N3CCN(C(=O)OC(C)(C)C)CC3)ccnc21. The molecule has 0 spiro atoms. The van der Waals surface area contributed by atoms with E-state index in [1.807, 2.05) is 27.0 Å². The van der Waals surface area contributed by atoms with E-state index in [2.05, 4.69) is 39.7 Å². The van der Waals surface area contributed by atoms with E-state index in [1.54, 1.807) is 4.90 Å². The average molecular weight is 330 g/mol. The summed E-state index contributed by atoms with van der Waals surface area (Å²) in [6.45, 7) is 11.7. The van der Waals surface area contributed by atoms with Gasteiger partial charge in [-0.3, -0.25) is 0 Å². The number of aromatic nitrogens is 2. The summed E-state index contributed by atoms with van der Waals surface area (Å²) in [5.74, 6) is 0. The lowest BCUT2D eigenvalue weighted by molar-refractivity contribution is 0.0240. The van der Waals surface area contributed by atoms with Crippen LogP contribution in [0.25, 0.3) is 11.0 Å². The summed E-state index contributed by atoms with van der Waals surface area (Å²) in [5, 5.41) is 1.17. The van der Waals surface area contributed by atoms with E-state index in [4.69, 9.17) is 4.74 Å². The predicted octanol–water partition coefficient (Wildman–Crippen LogP) is 3.11. The number of pyridine rings is 1. The van der Waals surface area contributed by atoms with Gasteiger partial charge in [-0.05, 0) is 39.8 Å². The fourth-order valence-electron chi connectivity index (χ4n) is 3.06. The molecular formula is C18H26N4O2. The summed E-state index contributed by atoms with van der Waals surface area (Å²) in [6, 6.07) is 4.19. The molecule has 1 amide bonds. The molecule has 0 radical (unpaired) electrons. The van der Waals surface area contributed by atoms with E-state index in [9.17, 15) is 4.79 Å². The Morgan fingerprint density at radius 1 is 1.21 bits per heavy atom. The maximum Gasteiger partial charge on any atom is 0.410 e. The molecule has 3 heterocycles. The van der Waals surface area contributed by atoms with Gasteiger partial charge in [0.15, 0.2) is 0 Å². The van der Waals surface area contributed by atoms with Crippen LogP contribution in [0.3, 0.4) is 0 Å². The number of amides is 1. The average Bonchev–Trinajstić information content (AvgIpc) is 2.96. The van der Waals surface area contributed by atoms with E-state index in [0.717, 1.165) is 25.3 Å². The van der Waals surface area contributed by atoms with E-state index in [1.165, 1.54) is 11.1 Å². The van der Waals surface area contributed by atoms with Gasteiger partial charge in [-0.2, -0.15) is 0 Å². The Kier molecular flexibility index (Phi) is 4.39. The third-order valence-electron chi connectivity index (χ3n) is 4.25. The molecule has 130 valence electrons. The van der Waals surface area contributed by atoms with Gasteiger partial charge in [0.05, 0.1) is 0 Å². The number of ether oxygens (including phenoxy) is 1. The van der Waals surface area contributed by atoms with E-state index in [0.29, 0.717) is 13.1 Å². The first-order valence-corrected chi connectivity index (χ1v) is 8.56. The van der Waals surface area contributed by atoms with Crippen molar-refractivity contribution in [2.45, 2.75) is 39.8 Å². The van der Waals surface area contributed by atoms with Crippen LogP contribution in [0.1, 0.15) is 27.7 Å². The van der Waals surface area contributed by atoms with Crippen LogP contribution >= 0.6 is 0 Å². The summed E-state index contributed by atoms with van der Waals surface area (Å²) in [4.78, 5) is 20.8. The van der Waals surface area contributed by atoms with Crippen molar-refractivity contribution in [2.75, 3.05) is 31.1 Å². The maximum atomic E-state index is 12.2. The topological polar surface area (TPSA) is 50.6 Å². The Morgan fingerprint density at radius 3 is 2.54 bits per heavy atom. The molecule has 1 saturated heterocycles. The molecule has 0 atom stereocenters. The van der Waals surface area contributed by atoms with Gasteiger partial charge in [0.25, 0.3) is 0 Å². The third-order valence-corrected chi connectivity index (χ3v) is 4.25. The number of piperazine rings is 1. The van der Waals surface area contributed by atoms with Crippen LogP contribution in [-0.2, 0) is 11.3 Å². The summed E-state index contributed by atoms with van der Waals surface area (Å²) < 4.78 is 7.61. The summed E-state index contributed by atoms with van der Waals surface area (Å²) in [7, 11) is 0. The van der Waals surface area contributed by atoms with Crippen LogP contribution < -0.4 is 4.90 Å². The molecule has 1 fully saturated rings. The predicted molar refractivity (Wildman–Crippen MR) is 95.4 cm³/mol. The van der Waals surface area contributed by atoms with Crippen molar-refractivity contribution in [3.8, 4) is 0 Å². The van der Waals surface area contributed by atoms with Crippen LogP contribution in [0, 0.1) is 0 Å². The smallest absolute Gasteiger partial charge is 0.410 e. The van der Waals surface area contributed by atoms with Crippen molar-refractivity contribution in [1.29, 1.82) is 0 Å². The van der Waals surface area contributed by atoms with Gasteiger partial charge in [-0.25, -0.2) is 9.78 Å². The second-order valence-electron chi connectivity index (χ2n) is 7.12. The normalized spacial score (nSPS) is 15.8. The Balaban J connectivity index is 1.71. The lowest BCUT2D eigenvalue weighted by Crippen LogP contribution is -2.50. The van der Waals surface area contributed by atoms with Gasteiger partial charge >= 0.3 is 6.09 Å². The number of aryl methyl sites for hydroxylation is 1. The molecule has 1 aliphatic rings. The number of hydrogen-bond donors (Lipinski definition) is 0. The second-order valence-corrected chi connectivity index (χ2v) is 7.12. The van der Waals surface area contributed by atoms with E-state index < -0.39 is 5.60 Å². The molecule has 6 nitrogen and oxygen atoms in total. The highest BCUT2D eigenvalue weighted by Gasteiger charge is 2.26. The molecule has 0 saturated carbocycles. The Hall–Kier alpha value is -2.24. The number of rotatable bonds is 2. The van der Waals surface area contributed by atoms with E-state index in [-0.39, 0.29) is 6.09 Å². The molecule has 0 aromatic carbocycles. The van der Waals surface area contributed by atoms with Gasteiger partial charge in [-0.15, -0.1) is 0 Å². The second kappa shape index (κ2) is 6.34. The molecule has 24 heavy (non-hydrogen) atoms. The van der Waals surface area contributed by atoms with Gasteiger partial charge in [0.1, 0.15) is 11.2 Å². The zero-order chi connectivity index (χ0) is 17.3. The minimum Gasteiger partial charge on any atom is -0.444 e. The highest BCUT2D eigenvalue weighted by molar-refractivity contribution is 5.90. The first-order valence-electron chi connectivity index (χ1n) is 8.56. The minimum absolute atomic E-state index is 0.223. The van der Waals surface area contributed by atoms with Crippen molar-refractivity contribution in [2.24, 2.45) is 0 Å². The monoisotopic (exact) mass is 330 g/mol. The van der Waals surface area contributed by atoms with Crippen LogP contribution in [0.4, 0.5) is 10.5 Å². The molecule has 2 aromatic heterocycles. The number of nitrogens with zero attached hydrogens (tertiary/aromatic N) is 4. The standard InChI is InChI=1S/C18H26N4O2/c1-5-20-9-7-14-15(6-8-19-16(14)20)21-10-12-22(13-11-21)17(23)24-18(2,3)4/h6-9H,5,10-13H2,1-4H3. The number of fused-ring (bicyclic) bond motifs is 1. The fourth-order valence-corrected chi connectivity index (χ4v) is 3.06. The van der Waals surface area contributed by atoms with Crippen LogP contribution in [0.2, 0.25) is 0 Å². The molecule has 6 heteroatoms. The third kappa shape index (κ3) is 3.32. The molecule has 0 aliphatic carbocycles. The van der Waals surface area contributed by atoms with Gasteiger partial charge in [0.2, 0.25) is 0 Å². The highest BCUT2D eigenvalue weighted by atomic mass is 16.6. The number of carbonyl (C=O) groups excluding carboxylic acids is 1. The lowest BCUT2D eigenvalue weighted by atomic mass is 10.2. The number of carbonyl (C=O) groups is 1. The first kappa shape index (κ1) is 16.6. The van der Waals surface area contributed by atoms with Crippen LogP contribution in [0.15, 0.2) is 24.5 Å². The van der Waals surface area contributed by atoms with Crippen molar-refractivity contribution in [3.63, 3.8) is 0 Å². The Bertz CT molecular complexity index is 724. The summed E-state index contributed by atoms with van der Waals surface area (Å²) in [6.07, 6.45) is 3.72. The highest BCUT2D eigenvalue weighted by Crippen LogP contribution is 2.27. The van der Waals surface area contributed by atoms with Crippen molar-refractivity contribution in [3.05, 3.63) is 24.5 Å². The first-order chi connectivity index (χ1) is 11.4. The molecule has 0 N–H and O–H groups in total. The fraction of sp³-hybridized carbons (Fsp3) is 0.556. The van der Waals surface area contributed by atoms with Crippen molar-refractivity contribution < 1.29 is 9.53 Å². The summed E-state index contributed by atoms with van der Waals surface area (Å²) in [5.41, 5.74) is 1.76. The summed E-state index contributed by atoms with van der Waals surface area (Å²) >= 11 is 0.